The summed E-state index contributed by atoms with van der Waals surface area (Å²) in [5, 5.41) is 3.00. The fraction of sp³-hybridized carbons (Fsp3) is 0.462. The van der Waals surface area contributed by atoms with Crippen LogP contribution in [0.15, 0.2) is 60.7 Å². The van der Waals surface area contributed by atoms with Crippen molar-refractivity contribution in [1.82, 2.24) is 10.2 Å². The van der Waals surface area contributed by atoms with Crippen molar-refractivity contribution in [3.05, 3.63) is 66.2 Å². The summed E-state index contributed by atoms with van der Waals surface area (Å²) >= 11 is 0. The Hall–Kier alpha value is -2.82. The van der Waals surface area contributed by atoms with E-state index < -0.39 is 6.04 Å². The number of rotatable bonds is 13. The zero-order valence-electron chi connectivity index (χ0n) is 19.0. The highest BCUT2D eigenvalue weighted by Gasteiger charge is 2.27. The normalized spacial score (nSPS) is 11.7. The third-order valence-electron chi connectivity index (χ3n) is 5.10. The molecule has 5 nitrogen and oxygen atoms in total. The maximum Gasteiger partial charge on any atom is 0.242 e. The number of ether oxygens (including phenoxy) is 1. The van der Waals surface area contributed by atoms with E-state index in [2.05, 4.69) is 31.3 Å². The third kappa shape index (κ3) is 8.83. The molecule has 0 radical (unpaired) electrons. The molecule has 31 heavy (non-hydrogen) atoms. The molecule has 1 N–H and O–H groups in total. The van der Waals surface area contributed by atoms with Crippen LogP contribution in [-0.2, 0) is 16.0 Å². The van der Waals surface area contributed by atoms with Crippen LogP contribution in [0.3, 0.4) is 0 Å². The second kappa shape index (κ2) is 13.5. The quantitative estimate of drug-likeness (QED) is 0.483. The van der Waals surface area contributed by atoms with Crippen LogP contribution in [0.2, 0.25) is 0 Å². The van der Waals surface area contributed by atoms with Gasteiger partial charge in [0.1, 0.15) is 11.8 Å². The van der Waals surface area contributed by atoms with Crippen molar-refractivity contribution < 1.29 is 14.3 Å². The Morgan fingerprint density at radius 2 is 1.65 bits per heavy atom. The summed E-state index contributed by atoms with van der Waals surface area (Å²) in [6.45, 7) is 7.69. The minimum Gasteiger partial charge on any atom is -0.494 e. The molecule has 0 heterocycles. The Labute approximate surface area is 186 Å². The molecule has 2 amide bonds. The monoisotopic (exact) mass is 424 g/mol. The first-order chi connectivity index (χ1) is 15.0. The summed E-state index contributed by atoms with van der Waals surface area (Å²) in [6, 6.07) is 19.2. The maximum absolute atomic E-state index is 13.1. The van der Waals surface area contributed by atoms with Gasteiger partial charge in [-0.1, -0.05) is 69.3 Å². The van der Waals surface area contributed by atoms with Gasteiger partial charge in [0, 0.05) is 19.5 Å². The summed E-state index contributed by atoms with van der Waals surface area (Å²) in [5.74, 6) is 1.10. The first-order valence-corrected chi connectivity index (χ1v) is 11.3. The number of hydrogen-bond acceptors (Lipinski definition) is 3. The van der Waals surface area contributed by atoms with Crippen molar-refractivity contribution in [2.24, 2.45) is 5.92 Å². The van der Waals surface area contributed by atoms with E-state index in [1.165, 1.54) is 0 Å². The number of carbonyl (C=O) groups is 2. The molecule has 0 aromatic heterocycles. The number of para-hydroxylation sites is 1. The van der Waals surface area contributed by atoms with Crippen molar-refractivity contribution in [3.63, 3.8) is 0 Å². The zero-order valence-corrected chi connectivity index (χ0v) is 19.0. The van der Waals surface area contributed by atoms with Crippen LogP contribution in [0.5, 0.6) is 5.75 Å². The second-order valence-electron chi connectivity index (χ2n) is 8.15. The summed E-state index contributed by atoms with van der Waals surface area (Å²) in [7, 11) is 0. The molecular formula is C26H36N2O3. The van der Waals surface area contributed by atoms with Gasteiger partial charge in [-0.3, -0.25) is 9.59 Å². The molecule has 0 bridgehead atoms. The van der Waals surface area contributed by atoms with Crippen molar-refractivity contribution in [2.45, 2.75) is 52.5 Å². The molecule has 0 spiro atoms. The van der Waals surface area contributed by atoms with Crippen LogP contribution >= 0.6 is 0 Å². The molecule has 5 heteroatoms. The van der Waals surface area contributed by atoms with Crippen LogP contribution < -0.4 is 10.1 Å². The predicted octanol–water partition coefficient (Wildman–Crippen LogP) is 4.47. The minimum absolute atomic E-state index is 0.000797. The number of carbonyl (C=O) groups excluding carboxylic acids is 2. The standard InChI is InChI=1S/C26H36N2O3/c1-4-24(26(30)27-20-21(2)3)28(18-17-22-12-7-5-8-13-22)25(29)16-11-19-31-23-14-9-6-10-15-23/h5-10,12-15,21,24H,4,11,16-20H2,1-3H3,(H,27,30)/t24-/m0/s1. The molecule has 0 aliphatic heterocycles. The highest BCUT2D eigenvalue weighted by Crippen LogP contribution is 2.13. The van der Waals surface area contributed by atoms with Gasteiger partial charge in [-0.05, 0) is 42.9 Å². The van der Waals surface area contributed by atoms with Crippen LogP contribution in [0.1, 0.15) is 45.6 Å². The Bertz CT molecular complexity index is 778. The first kappa shape index (κ1) is 24.4. The third-order valence-corrected chi connectivity index (χ3v) is 5.10. The van der Waals surface area contributed by atoms with E-state index in [-0.39, 0.29) is 11.8 Å². The first-order valence-electron chi connectivity index (χ1n) is 11.3. The Balaban J connectivity index is 1.98. The summed E-state index contributed by atoms with van der Waals surface area (Å²) < 4.78 is 5.71. The predicted molar refractivity (Wildman–Crippen MR) is 125 cm³/mol. The summed E-state index contributed by atoms with van der Waals surface area (Å²) in [5.41, 5.74) is 1.16. The molecular weight excluding hydrogens is 388 g/mol. The Morgan fingerprint density at radius 1 is 1.00 bits per heavy atom. The Morgan fingerprint density at radius 3 is 2.26 bits per heavy atom. The lowest BCUT2D eigenvalue weighted by atomic mass is 10.1. The molecule has 2 rings (SSSR count). The number of nitrogens with one attached hydrogen (secondary N) is 1. The molecule has 2 aromatic carbocycles. The van der Waals surface area contributed by atoms with E-state index in [0.717, 1.165) is 17.7 Å². The van der Waals surface area contributed by atoms with Gasteiger partial charge in [0.2, 0.25) is 11.8 Å². The highest BCUT2D eigenvalue weighted by atomic mass is 16.5. The van der Waals surface area contributed by atoms with Gasteiger partial charge in [0.15, 0.2) is 0 Å². The smallest absolute Gasteiger partial charge is 0.242 e. The molecule has 0 aliphatic rings. The van der Waals surface area contributed by atoms with Gasteiger partial charge in [0.25, 0.3) is 0 Å². The van der Waals surface area contributed by atoms with Gasteiger partial charge in [0.05, 0.1) is 6.61 Å². The van der Waals surface area contributed by atoms with Crippen molar-refractivity contribution in [2.75, 3.05) is 19.7 Å². The fourth-order valence-corrected chi connectivity index (χ4v) is 3.39. The van der Waals surface area contributed by atoms with Gasteiger partial charge < -0.3 is 15.0 Å². The lowest BCUT2D eigenvalue weighted by Gasteiger charge is -2.31. The lowest BCUT2D eigenvalue weighted by Crippen LogP contribution is -2.50. The zero-order chi connectivity index (χ0) is 22.5. The van der Waals surface area contributed by atoms with Crippen molar-refractivity contribution >= 4 is 11.8 Å². The minimum atomic E-state index is -0.454. The van der Waals surface area contributed by atoms with Crippen LogP contribution in [0.25, 0.3) is 0 Å². The molecule has 168 valence electrons. The number of hydrogen-bond donors (Lipinski definition) is 1. The van der Waals surface area contributed by atoms with E-state index in [0.29, 0.717) is 44.9 Å². The van der Waals surface area contributed by atoms with E-state index in [9.17, 15) is 9.59 Å². The topological polar surface area (TPSA) is 58.6 Å². The number of amides is 2. The van der Waals surface area contributed by atoms with Gasteiger partial charge >= 0.3 is 0 Å². The molecule has 0 unspecified atom stereocenters. The highest BCUT2D eigenvalue weighted by molar-refractivity contribution is 5.87. The van der Waals surface area contributed by atoms with Crippen LogP contribution in [-0.4, -0.2) is 42.5 Å². The van der Waals surface area contributed by atoms with E-state index >= 15 is 0 Å². The second-order valence-corrected chi connectivity index (χ2v) is 8.15. The van der Waals surface area contributed by atoms with Gasteiger partial charge in [-0.15, -0.1) is 0 Å². The molecule has 0 saturated carbocycles. The van der Waals surface area contributed by atoms with Crippen molar-refractivity contribution in [1.29, 1.82) is 0 Å². The lowest BCUT2D eigenvalue weighted by molar-refractivity contribution is -0.140. The van der Waals surface area contributed by atoms with E-state index in [1.807, 2.05) is 55.5 Å². The summed E-state index contributed by atoms with van der Waals surface area (Å²) in [6.07, 6.45) is 2.28. The largest absolute Gasteiger partial charge is 0.494 e. The molecule has 0 saturated heterocycles. The molecule has 2 aromatic rings. The maximum atomic E-state index is 13.1. The van der Waals surface area contributed by atoms with Crippen LogP contribution in [0.4, 0.5) is 0 Å². The number of benzene rings is 2. The fourth-order valence-electron chi connectivity index (χ4n) is 3.39. The average molecular weight is 425 g/mol. The van der Waals surface area contributed by atoms with Gasteiger partial charge in [-0.25, -0.2) is 0 Å². The van der Waals surface area contributed by atoms with Gasteiger partial charge in [-0.2, -0.15) is 0 Å². The number of nitrogens with zero attached hydrogens (tertiary/aromatic N) is 1. The van der Waals surface area contributed by atoms with E-state index in [4.69, 9.17) is 4.74 Å². The van der Waals surface area contributed by atoms with Crippen LogP contribution in [0, 0.1) is 5.92 Å². The molecule has 1 atom stereocenters. The average Bonchev–Trinajstić information content (AvgIpc) is 2.79. The van der Waals surface area contributed by atoms with Crippen molar-refractivity contribution in [3.8, 4) is 5.75 Å². The molecule has 0 fully saturated rings. The molecule has 0 aliphatic carbocycles. The Kier molecular flexibility index (Phi) is 10.6. The van der Waals surface area contributed by atoms with E-state index in [1.54, 1.807) is 4.90 Å². The SMILES string of the molecule is CC[C@@H](C(=O)NCC(C)C)N(CCc1ccccc1)C(=O)CCCOc1ccccc1. The summed E-state index contributed by atoms with van der Waals surface area (Å²) in [4.78, 5) is 27.7.